The van der Waals surface area contributed by atoms with Gasteiger partial charge in [0.05, 0.1) is 19.8 Å². The van der Waals surface area contributed by atoms with Gasteiger partial charge in [-0.15, -0.1) is 0 Å². The number of halogens is 2. The Morgan fingerprint density at radius 1 is 0.955 bits per heavy atom. The fourth-order valence-electron chi connectivity index (χ4n) is 2.27. The summed E-state index contributed by atoms with van der Waals surface area (Å²) in [5, 5.41) is 1.13. The van der Waals surface area contributed by atoms with E-state index in [1.165, 1.54) is 0 Å². The van der Waals surface area contributed by atoms with Crippen LogP contribution in [0.5, 0.6) is 0 Å². The summed E-state index contributed by atoms with van der Waals surface area (Å²) < 4.78 is 17.2. The van der Waals surface area contributed by atoms with Gasteiger partial charge in [-0.05, 0) is 23.8 Å². The number of hydrogen-bond acceptors (Lipinski definition) is 3. The summed E-state index contributed by atoms with van der Waals surface area (Å²) in [5.41, 5.74) is 1.95. The predicted molar refractivity (Wildman–Crippen MR) is 86.1 cm³/mol. The summed E-state index contributed by atoms with van der Waals surface area (Å²) in [6.07, 6.45) is -0.529. The van der Waals surface area contributed by atoms with Gasteiger partial charge < -0.3 is 14.2 Å². The fraction of sp³-hybridized carbons (Fsp3) is 0.294. The number of hydrogen-bond donors (Lipinski definition) is 0. The highest BCUT2D eigenvalue weighted by Crippen LogP contribution is 2.29. The molecule has 3 nitrogen and oxygen atoms in total. The first-order chi connectivity index (χ1) is 10.7. The molecule has 22 heavy (non-hydrogen) atoms. The average Bonchev–Trinajstić information content (AvgIpc) is 2.53. The molecule has 0 atom stereocenters. The van der Waals surface area contributed by atoms with Crippen LogP contribution in [-0.2, 0) is 20.8 Å². The van der Waals surface area contributed by atoms with Gasteiger partial charge in [-0.1, -0.05) is 53.5 Å². The van der Waals surface area contributed by atoms with Crippen molar-refractivity contribution in [2.24, 2.45) is 0 Å². The Balaban J connectivity index is 1.52. The molecule has 1 fully saturated rings. The van der Waals surface area contributed by atoms with Crippen molar-refractivity contribution in [3.8, 4) is 0 Å². The van der Waals surface area contributed by atoms with Gasteiger partial charge in [0.2, 0.25) is 0 Å². The lowest BCUT2D eigenvalue weighted by Crippen LogP contribution is -2.33. The molecule has 0 N–H and O–H groups in total. The molecule has 0 aliphatic carbocycles. The monoisotopic (exact) mass is 338 g/mol. The molecule has 0 radical (unpaired) electrons. The van der Waals surface area contributed by atoms with Crippen LogP contribution in [0.1, 0.15) is 17.4 Å². The molecule has 0 unspecified atom stereocenters. The van der Waals surface area contributed by atoms with E-state index in [4.69, 9.17) is 37.4 Å². The Morgan fingerprint density at radius 3 is 2.23 bits per heavy atom. The number of ether oxygens (including phenoxy) is 3. The van der Waals surface area contributed by atoms with Crippen molar-refractivity contribution in [1.29, 1.82) is 0 Å². The van der Waals surface area contributed by atoms with Crippen molar-refractivity contribution in [3.05, 3.63) is 69.7 Å². The van der Waals surface area contributed by atoms with Crippen LogP contribution in [0.2, 0.25) is 10.0 Å². The lowest BCUT2D eigenvalue weighted by atomic mass is 10.2. The van der Waals surface area contributed by atoms with Crippen LogP contribution in [0.4, 0.5) is 0 Å². The Kier molecular flexibility index (Phi) is 5.34. The Hall–Kier alpha value is -1.10. The summed E-state index contributed by atoms with van der Waals surface area (Å²) in [5.74, 6) is 0. The minimum atomic E-state index is -0.451. The van der Waals surface area contributed by atoms with E-state index in [9.17, 15) is 0 Å². The van der Waals surface area contributed by atoms with Crippen molar-refractivity contribution in [2.45, 2.75) is 19.0 Å². The minimum absolute atomic E-state index is 0.0777. The van der Waals surface area contributed by atoms with E-state index in [-0.39, 0.29) is 6.10 Å². The van der Waals surface area contributed by atoms with Crippen LogP contribution in [0.25, 0.3) is 0 Å². The van der Waals surface area contributed by atoms with E-state index in [0.717, 1.165) is 11.1 Å². The average molecular weight is 339 g/mol. The fourth-order valence-corrected chi connectivity index (χ4v) is 2.82. The van der Waals surface area contributed by atoms with Gasteiger partial charge in [0.15, 0.2) is 6.29 Å². The van der Waals surface area contributed by atoms with Crippen molar-refractivity contribution in [2.75, 3.05) is 13.2 Å². The first-order valence-electron chi connectivity index (χ1n) is 7.05. The van der Waals surface area contributed by atoms with Gasteiger partial charge in [0, 0.05) is 15.6 Å². The topological polar surface area (TPSA) is 27.7 Å². The molecule has 3 rings (SSSR count). The van der Waals surface area contributed by atoms with Gasteiger partial charge in [0.1, 0.15) is 6.10 Å². The Morgan fingerprint density at radius 2 is 1.59 bits per heavy atom. The van der Waals surface area contributed by atoms with Crippen LogP contribution in [0.15, 0.2) is 48.5 Å². The third kappa shape index (κ3) is 4.22. The summed E-state index contributed by atoms with van der Waals surface area (Å²) in [4.78, 5) is 0. The number of rotatable bonds is 4. The maximum atomic E-state index is 6.00. The SMILES string of the molecule is Clc1cc(Cl)cc([C@H]2OC[C@@H](OCc3ccccc3)CO2)c1. The van der Waals surface area contributed by atoms with E-state index >= 15 is 0 Å². The molecule has 0 bridgehead atoms. The second kappa shape index (κ2) is 7.44. The molecule has 1 aliphatic heterocycles. The smallest absolute Gasteiger partial charge is 0.184 e. The molecule has 0 spiro atoms. The quantitative estimate of drug-likeness (QED) is 0.813. The first kappa shape index (κ1) is 15.8. The molecule has 0 aromatic heterocycles. The summed E-state index contributed by atoms with van der Waals surface area (Å²) in [6.45, 7) is 1.50. The maximum absolute atomic E-state index is 6.00. The Bertz CT molecular complexity index is 590. The standard InChI is InChI=1S/C17H16Cl2O3/c18-14-6-13(7-15(19)8-14)17-21-10-16(11-22-17)20-9-12-4-2-1-3-5-12/h1-8,16-17H,9-11H2/t16-,17+. The summed E-state index contributed by atoms with van der Waals surface area (Å²) in [7, 11) is 0. The van der Waals surface area contributed by atoms with Gasteiger partial charge in [-0.2, -0.15) is 0 Å². The largest absolute Gasteiger partial charge is 0.369 e. The van der Waals surface area contributed by atoms with E-state index in [2.05, 4.69) is 0 Å². The minimum Gasteiger partial charge on any atom is -0.369 e. The first-order valence-corrected chi connectivity index (χ1v) is 7.81. The Labute approximate surface area is 139 Å². The summed E-state index contributed by atoms with van der Waals surface area (Å²) in [6, 6.07) is 15.3. The van der Waals surface area contributed by atoms with Gasteiger partial charge >= 0.3 is 0 Å². The third-order valence-electron chi connectivity index (χ3n) is 3.35. The normalized spacial score (nSPS) is 21.7. The molecule has 2 aromatic rings. The van der Waals surface area contributed by atoms with Crippen LogP contribution >= 0.6 is 23.2 Å². The molecule has 2 aromatic carbocycles. The molecule has 116 valence electrons. The van der Waals surface area contributed by atoms with Crippen molar-refractivity contribution < 1.29 is 14.2 Å². The highest BCUT2D eigenvalue weighted by molar-refractivity contribution is 6.34. The predicted octanol–water partition coefficient (Wildman–Crippen LogP) is 4.62. The summed E-state index contributed by atoms with van der Waals surface area (Å²) >= 11 is 12.0. The molecule has 0 amide bonds. The molecule has 1 aliphatic rings. The molecule has 0 saturated carbocycles. The molecular weight excluding hydrogens is 323 g/mol. The van der Waals surface area contributed by atoms with Crippen molar-refractivity contribution in [3.63, 3.8) is 0 Å². The van der Waals surface area contributed by atoms with Crippen LogP contribution < -0.4 is 0 Å². The maximum Gasteiger partial charge on any atom is 0.184 e. The van der Waals surface area contributed by atoms with E-state index in [0.29, 0.717) is 29.9 Å². The van der Waals surface area contributed by atoms with Crippen LogP contribution in [0, 0.1) is 0 Å². The lowest BCUT2D eigenvalue weighted by molar-refractivity contribution is -0.232. The highest BCUT2D eigenvalue weighted by atomic mass is 35.5. The molecule has 1 saturated heterocycles. The van der Waals surface area contributed by atoms with Crippen molar-refractivity contribution >= 4 is 23.2 Å². The number of benzene rings is 2. The molecule has 5 heteroatoms. The van der Waals surface area contributed by atoms with Gasteiger partial charge in [0.25, 0.3) is 0 Å². The zero-order valence-electron chi connectivity index (χ0n) is 11.9. The molecular formula is C17H16Cl2O3. The zero-order valence-corrected chi connectivity index (χ0v) is 13.4. The highest BCUT2D eigenvalue weighted by Gasteiger charge is 2.24. The van der Waals surface area contributed by atoms with E-state index in [1.54, 1.807) is 18.2 Å². The second-order valence-electron chi connectivity index (χ2n) is 5.12. The van der Waals surface area contributed by atoms with Gasteiger partial charge in [-0.25, -0.2) is 0 Å². The second-order valence-corrected chi connectivity index (χ2v) is 5.99. The molecule has 1 heterocycles. The van der Waals surface area contributed by atoms with Crippen LogP contribution in [-0.4, -0.2) is 19.3 Å². The van der Waals surface area contributed by atoms with Gasteiger partial charge in [-0.3, -0.25) is 0 Å². The van der Waals surface area contributed by atoms with E-state index in [1.807, 2.05) is 30.3 Å². The van der Waals surface area contributed by atoms with Crippen LogP contribution in [0.3, 0.4) is 0 Å². The third-order valence-corrected chi connectivity index (χ3v) is 3.79. The van der Waals surface area contributed by atoms with E-state index < -0.39 is 6.29 Å². The lowest BCUT2D eigenvalue weighted by Gasteiger charge is -2.29. The van der Waals surface area contributed by atoms with Crippen molar-refractivity contribution in [1.82, 2.24) is 0 Å². The zero-order chi connectivity index (χ0) is 15.4.